The summed E-state index contributed by atoms with van der Waals surface area (Å²) in [5.41, 5.74) is 7.61. The number of nitrogens with one attached hydrogen (secondary N) is 2. The topological polar surface area (TPSA) is 130 Å². The van der Waals surface area contributed by atoms with E-state index >= 15 is 0 Å². The van der Waals surface area contributed by atoms with Crippen LogP contribution in [0.25, 0.3) is 10.9 Å². The summed E-state index contributed by atoms with van der Waals surface area (Å²) in [6, 6.07) is 3.79. The molecule has 1 heterocycles. The number of aromatic nitrogens is 1. The zero-order valence-corrected chi connectivity index (χ0v) is 25.3. The number of aryl methyl sites for hydroxylation is 1. The Labute approximate surface area is 232 Å². The van der Waals surface area contributed by atoms with Gasteiger partial charge in [0.05, 0.1) is 12.1 Å². The Balaban J connectivity index is 2.46. The van der Waals surface area contributed by atoms with E-state index in [-0.39, 0.29) is 23.3 Å². The zero-order chi connectivity index (χ0) is 30.0. The first kappa shape index (κ1) is 31.9. The van der Waals surface area contributed by atoms with Crippen molar-refractivity contribution in [3.05, 3.63) is 41.6 Å². The predicted molar refractivity (Wildman–Crippen MR) is 157 cm³/mol. The van der Waals surface area contributed by atoms with E-state index in [0.717, 1.165) is 16.5 Å². The van der Waals surface area contributed by atoms with E-state index in [1.165, 1.54) is 6.92 Å². The summed E-state index contributed by atoms with van der Waals surface area (Å²) >= 11 is 0. The number of nitrogen functional groups attached to an aromatic ring is 1. The van der Waals surface area contributed by atoms with E-state index in [9.17, 15) is 19.5 Å². The van der Waals surface area contributed by atoms with Crippen molar-refractivity contribution in [2.75, 3.05) is 19.8 Å². The van der Waals surface area contributed by atoms with Gasteiger partial charge in [-0.05, 0) is 49.1 Å². The molecular weight excluding hydrogens is 494 g/mol. The average molecular weight is 542 g/mol. The molecule has 0 fully saturated rings. The molecule has 9 heteroatoms. The summed E-state index contributed by atoms with van der Waals surface area (Å²) < 4.78 is 2.02. The summed E-state index contributed by atoms with van der Waals surface area (Å²) in [7, 11) is 5.35. The molecule has 5 N–H and O–H groups in total. The quantitative estimate of drug-likeness (QED) is 0.268. The maximum atomic E-state index is 13.9. The molecule has 9 nitrogen and oxygen atoms in total. The maximum Gasteiger partial charge on any atom is 0.331 e. The number of carbonyl (C=O) groups excluding carboxylic acids is 2. The minimum Gasteiger partial charge on any atom is -0.478 e. The van der Waals surface area contributed by atoms with E-state index < -0.39 is 34.9 Å². The number of carbonyl (C=O) groups is 3. The molecule has 1 aromatic heterocycles. The van der Waals surface area contributed by atoms with Gasteiger partial charge in [0.15, 0.2) is 0 Å². The number of carboxylic acid groups (broad SMARTS) is 1. The minimum absolute atomic E-state index is 0.0349. The fourth-order valence-corrected chi connectivity index (χ4v) is 5.20. The van der Waals surface area contributed by atoms with Gasteiger partial charge in [0.1, 0.15) is 6.04 Å². The Hall–Kier alpha value is -3.33. The highest BCUT2D eigenvalue weighted by Crippen LogP contribution is 2.36. The van der Waals surface area contributed by atoms with Crippen LogP contribution in [-0.4, -0.2) is 64.6 Å². The van der Waals surface area contributed by atoms with Gasteiger partial charge < -0.3 is 30.9 Å². The van der Waals surface area contributed by atoms with Gasteiger partial charge in [-0.1, -0.05) is 54.5 Å². The van der Waals surface area contributed by atoms with E-state index in [1.807, 2.05) is 84.5 Å². The number of likely N-dealkylation sites (N-methyl/N-ethyl adjacent to an activating group) is 2. The zero-order valence-electron chi connectivity index (χ0n) is 25.3. The lowest BCUT2D eigenvalue weighted by molar-refractivity contribution is -0.141. The molecule has 2 aromatic rings. The Morgan fingerprint density at radius 3 is 2.18 bits per heavy atom. The first-order chi connectivity index (χ1) is 17.8. The Morgan fingerprint density at radius 1 is 1.10 bits per heavy atom. The maximum absolute atomic E-state index is 13.9. The molecule has 0 aliphatic heterocycles. The van der Waals surface area contributed by atoms with Crippen LogP contribution in [0.5, 0.6) is 0 Å². The number of amides is 2. The molecule has 0 saturated carbocycles. The molecule has 0 unspecified atom stereocenters. The number of hydrogen-bond acceptors (Lipinski definition) is 5. The second-order valence-corrected chi connectivity index (χ2v) is 12.5. The molecule has 0 bridgehead atoms. The molecule has 0 spiro atoms. The Bertz CT molecular complexity index is 1250. The third-order valence-corrected chi connectivity index (χ3v) is 7.62. The normalized spacial score (nSPS) is 15.2. The van der Waals surface area contributed by atoms with Crippen LogP contribution < -0.4 is 16.4 Å². The standard InChI is InChI=1S/C30H47N5O4/c1-17(2)23(14-18(3)28(38)39)35(11)27(37)25(29(4,5)6)33-26(36)24(32-9)30(7,8)21-16-34(10)22-13-12-19(31)15-20(21)22/h12-17,23-25,32H,31H2,1-11H3,(H,33,36)(H,38,39)/b18-14+/t23-,24-,25-/m1/s1. The molecule has 0 saturated heterocycles. The third-order valence-electron chi connectivity index (χ3n) is 7.62. The summed E-state index contributed by atoms with van der Waals surface area (Å²) in [5, 5.41) is 16.6. The molecule has 1 aromatic carbocycles. The number of nitrogens with two attached hydrogens (primary N) is 1. The Morgan fingerprint density at radius 2 is 1.69 bits per heavy atom. The van der Waals surface area contributed by atoms with Gasteiger partial charge in [-0.25, -0.2) is 4.79 Å². The van der Waals surface area contributed by atoms with Crippen molar-refractivity contribution in [2.24, 2.45) is 18.4 Å². The lowest BCUT2D eigenvalue weighted by Crippen LogP contribution is -2.61. The highest BCUT2D eigenvalue weighted by molar-refractivity contribution is 5.93. The van der Waals surface area contributed by atoms with Gasteiger partial charge in [-0.2, -0.15) is 0 Å². The van der Waals surface area contributed by atoms with E-state index in [1.54, 1.807) is 25.1 Å². The number of carboxylic acids is 1. The average Bonchev–Trinajstić information content (AvgIpc) is 3.15. The summed E-state index contributed by atoms with van der Waals surface area (Å²) in [5.74, 6) is -1.65. The largest absolute Gasteiger partial charge is 0.478 e. The van der Waals surface area contributed by atoms with Crippen molar-refractivity contribution in [3.63, 3.8) is 0 Å². The van der Waals surface area contributed by atoms with E-state index in [0.29, 0.717) is 5.69 Å². The van der Waals surface area contributed by atoms with Gasteiger partial charge in [-0.3, -0.25) is 9.59 Å². The van der Waals surface area contributed by atoms with Crippen LogP contribution in [0.2, 0.25) is 0 Å². The molecule has 0 aliphatic carbocycles. The second kappa shape index (κ2) is 11.8. The van der Waals surface area contributed by atoms with Gasteiger partial charge >= 0.3 is 5.97 Å². The van der Waals surface area contributed by atoms with Crippen LogP contribution in [0.15, 0.2) is 36.0 Å². The number of hydrogen-bond donors (Lipinski definition) is 4. The minimum atomic E-state index is -1.03. The summed E-state index contributed by atoms with van der Waals surface area (Å²) in [6.07, 6.45) is 3.62. The number of anilines is 1. The second-order valence-electron chi connectivity index (χ2n) is 12.5. The smallest absolute Gasteiger partial charge is 0.331 e. The molecule has 0 aliphatic rings. The molecule has 216 valence electrons. The molecule has 2 rings (SSSR count). The molecule has 2 amide bonds. The molecule has 3 atom stereocenters. The number of benzene rings is 1. The van der Waals surface area contributed by atoms with Crippen molar-refractivity contribution in [1.82, 2.24) is 20.1 Å². The fraction of sp³-hybridized carbons (Fsp3) is 0.567. The summed E-state index contributed by atoms with van der Waals surface area (Å²) in [4.78, 5) is 40.8. The monoisotopic (exact) mass is 541 g/mol. The van der Waals surface area contributed by atoms with Crippen LogP contribution >= 0.6 is 0 Å². The first-order valence-electron chi connectivity index (χ1n) is 13.4. The lowest BCUT2D eigenvalue weighted by atomic mass is 9.76. The number of aliphatic carboxylic acids is 1. The van der Waals surface area contributed by atoms with Crippen LogP contribution in [0.4, 0.5) is 5.69 Å². The van der Waals surface area contributed by atoms with Crippen molar-refractivity contribution in [1.29, 1.82) is 0 Å². The number of fused-ring (bicyclic) bond motifs is 1. The van der Waals surface area contributed by atoms with Crippen molar-refractivity contribution >= 4 is 34.4 Å². The van der Waals surface area contributed by atoms with Crippen molar-refractivity contribution < 1.29 is 19.5 Å². The highest BCUT2D eigenvalue weighted by atomic mass is 16.4. The van der Waals surface area contributed by atoms with Crippen molar-refractivity contribution in [2.45, 2.75) is 78.9 Å². The molecule has 0 radical (unpaired) electrons. The fourth-order valence-electron chi connectivity index (χ4n) is 5.20. The highest BCUT2D eigenvalue weighted by Gasteiger charge is 2.42. The van der Waals surface area contributed by atoms with Gasteiger partial charge in [0, 0.05) is 47.9 Å². The molecular formula is C30H47N5O4. The van der Waals surface area contributed by atoms with Gasteiger partial charge in [0.2, 0.25) is 11.8 Å². The predicted octanol–water partition coefficient (Wildman–Crippen LogP) is 3.67. The SMILES string of the molecule is CN[C@H](C(=O)N[C@H](C(=O)N(C)[C@H](/C=C(\C)C(=O)O)C(C)C)C(C)(C)C)C(C)(C)c1cn(C)c2ccc(N)cc12. The van der Waals surface area contributed by atoms with Crippen molar-refractivity contribution in [3.8, 4) is 0 Å². The van der Waals surface area contributed by atoms with Crippen LogP contribution in [0, 0.1) is 11.3 Å². The number of nitrogens with zero attached hydrogens (tertiary/aromatic N) is 2. The van der Waals surface area contributed by atoms with E-state index in [2.05, 4.69) is 10.6 Å². The van der Waals surface area contributed by atoms with Gasteiger partial charge in [-0.15, -0.1) is 0 Å². The van der Waals surface area contributed by atoms with E-state index in [4.69, 9.17) is 5.73 Å². The summed E-state index contributed by atoms with van der Waals surface area (Å²) in [6.45, 7) is 15.1. The third kappa shape index (κ3) is 6.82. The molecule has 39 heavy (non-hydrogen) atoms. The van der Waals surface area contributed by atoms with Gasteiger partial charge in [0.25, 0.3) is 0 Å². The van der Waals surface area contributed by atoms with Crippen LogP contribution in [-0.2, 0) is 26.8 Å². The lowest BCUT2D eigenvalue weighted by Gasteiger charge is -2.39. The Kier molecular flexibility index (Phi) is 9.66. The van der Waals surface area contributed by atoms with Crippen LogP contribution in [0.1, 0.15) is 61.0 Å². The van der Waals surface area contributed by atoms with Crippen LogP contribution in [0.3, 0.4) is 0 Å². The number of rotatable bonds is 10. The first-order valence-corrected chi connectivity index (χ1v) is 13.4.